The molecule has 34 heavy (non-hydrogen) atoms. The molecule has 1 fully saturated rings. The average molecular weight is 480 g/mol. The van der Waals surface area contributed by atoms with Crippen molar-refractivity contribution in [3.05, 3.63) is 48.9 Å². The molecule has 0 aliphatic carbocycles. The highest BCUT2D eigenvalue weighted by molar-refractivity contribution is 7.89. The van der Waals surface area contributed by atoms with Crippen molar-refractivity contribution in [3.63, 3.8) is 0 Å². The molecule has 11 nitrogen and oxygen atoms in total. The summed E-state index contributed by atoms with van der Waals surface area (Å²) in [6, 6.07) is 10.6. The van der Waals surface area contributed by atoms with Gasteiger partial charge in [-0.25, -0.2) is 28.1 Å². The predicted octanol–water partition coefficient (Wildman–Crippen LogP) is 1.99. The van der Waals surface area contributed by atoms with Gasteiger partial charge in [-0.2, -0.15) is 4.98 Å². The number of benzene rings is 1. The standard InChI is InChI=1S/C22H25N9O2S/c1-24-34(32,33)17-5-3-16(4-6-17)28-22-29-19(20-21(30-22)27-13-26-20)14-2-7-18(25-12-14)31-10-8-15(23)9-11-31/h2-7,12-13,15,24H,8-11,23H2,1H3,(H2,26,27,28,29,30). The fourth-order valence-electron chi connectivity index (χ4n) is 3.90. The Morgan fingerprint density at radius 2 is 1.82 bits per heavy atom. The summed E-state index contributed by atoms with van der Waals surface area (Å²) in [5.41, 5.74) is 9.34. The van der Waals surface area contributed by atoms with Crippen LogP contribution in [0, 0.1) is 0 Å². The summed E-state index contributed by atoms with van der Waals surface area (Å²) in [6.07, 6.45) is 5.28. The molecule has 12 heteroatoms. The number of rotatable bonds is 6. The van der Waals surface area contributed by atoms with E-state index in [0.29, 0.717) is 28.5 Å². The van der Waals surface area contributed by atoms with Crippen LogP contribution in [0.5, 0.6) is 0 Å². The number of anilines is 3. The lowest BCUT2D eigenvalue weighted by Crippen LogP contribution is -2.40. The topological polar surface area (TPSA) is 155 Å². The Balaban J connectivity index is 1.42. The van der Waals surface area contributed by atoms with Gasteiger partial charge in [0.15, 0.2) is 5.65 Å². The second-order valence-corrected chi connectivity index (χ2v) is 9.97. The van der Waals surface area contributed by atoms with Gasteiger partial charge in [0, 0.05) is 36.6 Å². The van der Waals surface area contributed by atoms with Crippen LogP contribution in [0.3, 0.4) is 0 Å². The first-order chi connectivity index (χ1) is 16.4. The van der Waals surface area contributed by atoms with E-state index in [4.69, 9.17) is 5.73 Å². The summed E-state index contributed by atoms with van der Waals surface area (Å²) in [4.78, 5) is 23.6. The van der Waals surface area contributed by atoms with Gasteiger partial charge in [-0.1, -0.05) is 0 Å². The van der Waals surface area contributed by atoms with Crippen molar-refractivity contribution >= 4 is 38.6 Å². The summed E-state index contributed by atoms with van der Waals surface area (Å²) in [6.45, 7) is 1.79. The first kappa shape index (κ1) is 22.2. The quantitative estimate of drug-likeness (QED) is 0.325. The number of imidazole rings is 1. The molecule has 0 saturated carbocycles. The molecule has 5 N–H and O–H groups in total. The molecule has 3 aromatic heterocycles. The fourth-order valence-corrected chi connectivity index (χ4v) is 4.63. The van der Waals surface area contributed by atoms with Crippen LogP contribution in [0.1, 0.15) is 12.8 Å². The smallest absolute Gasteiger partial charge is 0.240 e. The van der Waals surface area contributed by atoms with Gasteiger partial charge in [-0.3, -0.25) is 0 Å². The minimum Gasteiger partial charge on any atom is -0.357 e. The van der Waals surface area contributed by atoms with Crippen LogP contribution in [-0.2, 0) is 10.0 Å². The summed E-state index contributed by atoms with van der Waals surface area (Å²) in [5, 5.41) is 3.13. The van der Waals surface area contributed by atoms with E-state index in [-0.39, 0.29) is 10.9 Å². The highest BCUT2D eigenvalue weighted by atomic mass is 32.2. The van der Waals surface area contributed by atoms with Crippen LogP contribution < -0.4 is 20.7 Å². The van der Waals surface area contributed by atoms with Crippen molar-refractivity contribution in [2.75, 3.05) is 30.4 Å². The van der Waals surface area contributed by atoms with Crippen LogP contribution in [0.25, 0.3) is 22.4 Å². The summed E-state index contributed by atoms with van der Waals surface area (Å²) >= 11 is 0. The number of nitrogens with zero attached hydrogens (tertiary/aromatic N) is 5. The molecule has 5 rings (SSSR count). The van der Waals surface area contributed by atoms with Crippen molar-refractivity contribution in [1.29, 1.82) is 0 Å². The molecule has 1 aromatic carbocycles. The molecular weight excluding hydrogens is 454 g/mol. The Bertz CT molecular complexity index is 1390. The van der Waals surface area contributed by atoms with Crippen LogP contribution in [0.15, 0.2) is 53.8 Å². The van der Waals surface area contributed by atoms with E-state index in [0.717, 1.165) is 37.3 Å². The molecule has 0 radical (unpaired) electrons. The fraction of sp³-hybridized carbons (Fsp3) is 0.273. The minimum absolute atomic E-state index is 0.174. The number of nitrogens with one attached hydrogen (secondary N) is 3. The Morgan fingerprint density at radius 1 is 1.06 bits per heavy atom. The molecule has 4 heterocycles. The van der Waals surface area contributed by atoms with Gasteiger partial charge in [0.1, 0.15) is 17.0 Å². The van der Waals surface area contributed by atoms with Crippen molar-refractivity contribution in [2.24, 2.45) is 5.73 Å². The zero-order valence-electron chi connectivity index (χ0n) is 18.6. The van der Waals surface area contributed by atoms with Crippen molar-refractivity contribution in [3.8, 4) is 11.3 Å². The van der Waals surface area contributed by atoms with E-state index < -0.39 is 10.0 Å². The van der Waals surface area contributed by atoms with E-state index >= 15 is 0 Å². The largest absolute Gasteiger partial charge is 0.357 e. The van der Waals surface area contributed by atoms with Crippen molar-refractivity contribution < 1.29 is 8.42 Å². The Morgan fingerprint density at radius 3 is 2.50 bits per heavy atom. The maximum absolute atomic E-state index is 11.9. The number of hydrogen-bond acceptors (Lipinski definition) is 9. The van der Waals surface area contributed by atoms with Gasteiger partial charge in [-0.05, 0) is 56.3 Å². The zero-order chi connectivity index (χ0) is 23.7. The molecule has 0 unspecified atom stereocenters. The minimum atomic E-state index is -3.51. The van der Waals surface area contributed by atoms with Gasteiger partial charge < -0.3 is 20.9 Å². The maximum Gasteiger partial charge on any atom is 0.240 e. The number of hydrogen-bond donors (Lipinski definition) is 4. The van der Waals surface area contributed by atoms with Gasteiger partial charge in [0.05, 0.1) is 11.2 Å². The highest BCUT2D eigenvalue weighted by Crippen LogP contribution is 2.28. The third-order valence-corrected chi connectivity index (χ3v) is 7.28. The average Bonchev–Trinajstić information content (AvgIpc) is 3.33. The van der Waals surface area contributed by atoms with Crippen LogP contribution in [-0.4, -0.2) is 59.5 Å². The van der Waals surface area contributed by atoms with E-state index in [2.05, 4.69) is 39.9 Å². The number of fused-ring (bicyclic) bond motifs is 1. The lowest BCUT2D eigenvalue weighted by Gasteiger charge is -2.31. The maximum atomic E-state index is 11.9. The molecule has 0 spiro atoms. The van der Waals surface area contributed by atoms with E-state index in [1.807, 2.05) is 12.1 Å². The summed E-state index contributed by atoms with van der Waals surface area (Å²) in [5.74, 6) is 1.27. The molecule has 1 aliphatic heterocycles. The summed E-state index contributed by atoms with van der Waals surface area (Å²) < 4.78 is 26.2. The molecule has 0 amide bonds. The Kier molecular flexibility index (Phi) is 5.86. The summed E-state index contributed by atoms with van der Waals surface area (Å²) in [7, 11) is -2.13. The number of H-pyrrole nitrogens is 1. The second-order valence-electron chi connectivity index (χ2n) is 8.08. The number of sulfonamides is 1. The Hall–Kier alpha value is -3.61. The lowest BCUT2D eigenvalue weighted by atomic mass is 10.1. The molecule has 4 aromatic rings. The van der Waals surface area contributed by atoms with Gasteiger partial charge in [0.2, 0.25) is 16.0 Å². The predicted molar refractivity (Wildman–Crippen MR) is 130 cm³/mol. The molecule has 176 valence electrons. The first-order valence-corrected chi connectivity index (χ1v) is 12.4. The molecule has 1 aliphatic rings. The van der Waals surface area contributed by atoms with Crippen LogP contribution in [0.4, 0.5) is 17.5 Å². The number of aromatic amines is 1. The lowest BCUT2D eigenvalue weighted by molar-refractivity contribution is 0.498. The van der Waals surface area contributed by atoms with Gasteiger partial charge in [0.25, 0.3) is 0 Å². The highest BCUT2D eigenvalue weighted by Gasteiger charge is 2.18. The SMILES string of the molecule is CNS(=O)(=O)c1ccc(Nc2nc(-c3ccc(N4CCC(N)CC4)nc3)c3nc[nH]c3n2)cc1. The van der Waals surface area contributed by atoms with Crippen LogP contribution in [0.2, 0.25) is 0 Å². The van der Waals surface area contributed by atoms with Gasteiger partial charge >= 0.3 is 0 Å². The van der Waals surface area contributed by atoms with Gasteiger partial charge in [-0.15, -0.1) is 0 Å². The molecular formula is C22H25N9O2S. The number of nitrogens with two attached hydrogens (primary N) is 1. The van der Waals surface area contributed by atoms with E-state index in [1.54, 1.807) is 24.7 Å². The van der Waals surface area contributed by atoms with Crippen molar-refractivity contribution in [2.45, 2.75) is 23.8 Å². The number of pyridine rings is 1. The third-order valence-electron chi connectivity index (χ3n) is 5.85. The molecule has 1 saturated heterocycles. The van der Waals surface area contributed by atoms with E-state index in [1.165, 1.54) is 19.2 Å². The van der Waals surface area contributed by atoms with Crippen LogP contribution >= 0.6 is 0 Å². The normalized spacial score (nSPS) is 15.1. The first-order valence-electron chi connectivity index (χ1n) is 10.9. The molecule has 0 bridgehead atoms. The molecule has 0 atom stereocenters. The number of piperidine rings is 1. The number of aromatic nitrogens is 5. The zero-order valence-corrected chi connectivity index (χ0v) is 19.4. The second kappa shape index (κ2) is 8.97. The Labute approximate surface area is 196 Å². The third kappa shape index (κ3) is 4.42. The van der Waals surface area contributed by atoms with Crippen molar-refractivity contribution in [1.82, 2.24) is 29.6 Å². The van der Waals surface area contributed by atoms with E-state index in [9.17, 15) is 8.42 Å². The monoisotopic (exact) mass is 479 g/mol.